The third kappa shape index (κ3) is 7.98. The first kappa shape index (κ1) is 13.9. The maximum atomic E-state index is 10.9. The van der Waals surface area contributed by atoms with Crippen LogP contribution in [0.15, 0.2) is 23.8 Å². The predicted octanol–water partition coefficient (Wildman–Crippen LogP) is 3.49. The molecule has 0 aromatic rings. The molecule has 15 heavy (non-hydrogen) atoms. The number of carbonyl (C=O) groups excluding carboxylic acids is 1. The van der Waals surface area contributed by atoms with Crippen molar-refractivity contribution in [2.45, 2.75) is 40.5 Å². The molecule has 86 valence electrons. The van der Waals surface area contributed by atoms with Gasteiger partial charge in [-0.25, -0.2) is 0 Å². The van der Waals surface area contributed by atoms with Crippen LogP contribution in [-0.2, 0) is 9.53 Å². The molecule has 1 atom stereocenters. The number of esters is 1. The van der Waals surface area contributed by atoms with Crippen LogP contribution in [0.5, 0.6) is 0 Å². The first-order chi connectivity index (χ1) is 7.10. The van der Waals surface area contributed by atoms with Crippen LogP contribution < -0.4 is 0 Å². The molecule has 0 aromatic heterocycles. The van der Waals surface area contributed by atoms with E-state index in [9.17, 15) is 4.79 Å². The Morgan fingerprint density at radius 1 is 1.47 bits per heavy atom. The van der Waals surface area contributed by atoms with E-state index in [2.05, 4.69) is 32.1 Å². The van der Waals surface area contributed by atoms with Crippen LogP contribution in [0.4, 0.5) is 0 Å². The molecule has 0 spiro atoms. The maximum absolute atomic E-state index is 10.9. The van der Waals surface area contributed by atoms with E-state index in [1.807, 2.05) is 6.92 Å². The average Bonchev–Trinajstić information content (AvgIpc) is 2.25. The molecule has 0 aliphatic rings. The monoisotopic (exact) mass is 210 g/mol. The number of carbonyl (C=O) groups is 1. The molecule has 0 aromatic carbocycles. The van der Waals surface area contributed by atoms with Crippen molar-refractivity contribution in [1.29, 1.82) is 0 Å². The van der Waals surface area contributed by atoms with Gasteiger partial charge in [-0.3, -0.25) is 4.79 Å². The molecule has 0 saturated heterocycles. The zero-order valence-corrected chi connectivity index (χ0v) is 10.2. The third-order valence-corrected chi connectivity index (χ3v) is 2.27. The van der Waals surface area contributed by atoms with Crippen molar-refractivity contribution in [1.82, 2.24) is 0 Å². The second-order valence-electron chi connectivity index (χ2n) is 3.73. The first-order valence-electron chi connectivity index (χ1n) is 5.56. The minimum atomic E-state index is -0.115. The van der Waals surface area contributed by atoms with Gasteiger partial charge in [-0.15, -0.1) is 0 Å². The summed E-state index contributed by atoms with van der Waals surface area (Å²) in [6.45, 7) is 8.54. The average molecular weight is 210 g/mol. The smallest absolute Gasteiger partial charge is 0.305 e. The zero-order valence-electron chi connectivity index (χ0n) is 10.2. The summed E-state index contributed by atoms with van der Waals surface area (Å²) in [4.78, 5) is 10.9. The lowest BCUT2D eigenvalue weighted by atomic mass is 10.1. The molecule has 2 nitrogen and oxygen atoms in total. The molecule has 0 N–H and O–H groups in total. The summed E-state index contributed by atoms with van der Waals surface area (Å²) < 4.78 is 5.01. The summed E-state index contributed by atoms with van der Waals surface area (Å²) in [5.41, 5.74) is 1.26. The number of ether oxygens (including phenoxy) is 1. The van der Waals surface area contributed by atoms with Crippen LogP contribution in [0.25, 0.3) is 0 Å². The van der Waals surface area contributed by atoms with Gasteiger partial charge >= 0.3 is 5.97 Å². The highest BCUT2D eigenvalue weighted by molar-refractivity contribution is 5.68. The van der Waals surface area contributed by atoms with E-state index in [-0.39, 0.29) is 5.97 Å². The Hall–Kier alpha value is -1.05. The fraction of sp³-hybridized carbons (Fsp3) is 0.615. The van der Waals surface area contributed by atoms with E-state index < -0.39 is 0 Å². The third-order valence-electron chi connectivity index (χ3n) is 2.27. The van der Waals surface area contributed by atoms with E-state index >= 15 is 0 Å². The van der Waals surface area contributed by atoms with E-state index in [4.69, 9.17) is 4.74 Å². The minimum Gasteiger partial charge on any atom is -0.466 e. The molecular formula is C13H22O2. The van der Waals surface area contributed by atoms with Gasteiger partial charge in [-0.2, -0.15) is 0 Å². The van der Waals surface area contributed by atoms with Crippen LogP contribution in [0.3, 0.4) is 0 Å². The standard InChI is InChI=1S/C13H22O2/c1-5-11(3)7-8-12(4)9-10-15-13(14)6-2/h5,7-8,12H,6,9-10H2,1-4H3/b8-7+,11-5+. The molecule has 0 bridgehead atoms. The number of rotatable bonds is 6. The van der Waals surface area contributed by atoms with Crippen molar-refractivity contribution in [2.24, 2.45) is 5.92 Å². The zero-order chi connectivity index (χ0) is 11.7. The molecule has 0 aliphatic carbocycles. The molecule has 2 heteroatoms. The summed E-state index contributed by atoms with van der Waals surface area (Å²) in [7, 11) is 0. The highest BCUT2D eigenvalue weighted by Gasteiger charge is 2.00. The summed E-state index contributed by atoms with van der Waals surface area (Å²) in [6, 6.07) is 0. The van der Waals surface area contributed by atoms with Crippen LogP contribution in [-0.4, -0.2) is 12.6 Å². The van der Waals surface area contributed by atoms with Gasteiger partial charge in [0.25, 0.3) is 0 Å². The fourth-order valence-electron chi connectivity index (χ4n) is 0.969. The van der Waals surface area contributed by atoms with E-state index in [1.54, 1.807) is 6.92 Å². The molecular weight excluding hydrogens is 188 g/mol. The normalized spacial score (nSPS) is 14.3. The second kappa shape index (κ2) is 8.27. The molecule has 0 aliphatic heterocycles. The summed E-state index contributed by atoms with van der Waals surface area (Å²) in [5.74, 6) is 0.334. The van der Waals surface area contributed by atoms with Crippen LogP contribution >= 0.6 is 0 Å². The number of hydrogen-bond donors (Lipinski definition) is 0. The Morgan fingerprint density at radius 2 is 2.13 bits per heavy atom. The molecule has 0 saturated carbocycles. The molecule has 0 fully saturated rings. The Morgan fingerprint density at radius 3 is 2.67 bits per heavy atom. The van der Waals surface area contributed by atoms with Crippen molar-refractivity contribution in [3.8, 4) is 0 Å². The second-order valence-corrected chi connectivity index (χ2v) is 3.73. The summed E-state index contributed by atoms with van der Waals surface area (Å²) in [6.07, 6.45) is 7.67. The lowest BCUT2D eigenvalue weighted by Crippen LogP contribution is -2.06. The van der Waals surface area contributed by atoms with E-state index in [0.29, 0.717) is 18.9 Å². The molecule has 0 rings (SSSR count). The van der Waals surface area contributed by atoms with Crippen molar-refractivity contribution in [2.75, 3.05) is 6.61 Å². The minimum absolute atomic E-state index is 0.115. The van der Waals surface area contributed by atoms with Gasteiger partial charge in [-0.1, -0.05) is 37.6 Å². The maximum Gasteiger partial charge on any atom is 0.305 e. The summed E-state index contributed by atoms with van der Waals surface area (Å²) >= 11 is 0. The van der Waals surface area contributed by atoms with Crippen molar-refractivity contribution >= 4 is 5.97 Å². The van der Waals surface area contributed by atoms with Gasteiger partial charge in [0.15, 0.2) is 0 Å². The van der Waals surface area contributed by atoms with Gasteiger partial charge in [-0.05, 0) is 26.2 Å². The first-order valence-corrected chi connectivity index (χ1v) is 5.56. The fourth-order valence-corrected chi connectivity index (χ4v) is 0.969. The molecule has 0 radical (unpaired) electrons. The Bertz CT molecular complexity index is 239. The van der Waals surface area contributed by atoms with Gasteiger partial charge in [0.1, 0.15) is 0 Å². The lowest BCUT2D eigenvalue weighted by molar-refractivity contribution is -0.143. The van der Waals surface area contributed by atoms with E-state index in [0.717, 1.165) is 6.42 Å². The van der Waals surface area contributed by atoms with Crippen molar-refractivity contribution in [3.05, 3.63) is 23.8 Å². The van der Waals surface area contributed by atoms with Crippen molar-refractivity contribution in [3.63, 3.8) is 0 Å². The quantitative estimate of drug-likeness (QED) is 0.495. The van der Waals surface area contributed by atoms with Gasteiger partial charge in [0, 0.05) is 6.42 Å². The SMILES string of the molecule is C/C=C(C)/C=C/C(C)CCOC(=O)CC. The van der Waals surface area contributed by atoms with E-state index in [1.165, 1.54) is 5.57 Å². The van der Waals surface area contributed by atoms with Crippen LogP contribution in [0.1, 0.15) is 40.5 Å². The molecule has 0 amide bonds. The highest BCUT2D eigenvalue weighted by Crippen LogP contribution is 2.06. The topological polar surface area (TPSA) is 26.3 Å². The lowest BCUT2D eigenvalue weighted by Gasteiger charge is -2.06. The largest absolute Gasteiger partial charge is 0.466 e. The highest BCUT2D eigenvalue weighted by atomic mass is 16.5. The van der Waals surface area contributed by atoms with Gasteiger partial charge in [0.05, 0.1) is 6.61 Å². The van der Waals surface area contributed by atoms with Gasteiger partial charge < -0.3 is 4.74 Å². The molecule has 1 unspecified atom stereocenters. The Balaban J connectivity index is 3.71. The van der Waals surface area contributed by atoms with Crippen molar-refractivity contribution < 1.29 is 9.53 Å². The van der Waals surface area contributed by atoms with Crippen LogP contribution in [0.2, 0.25) is 0 Å². The van der Waals surface area contributed by atoms with Gasteiger partial charge in [0.2, 0.25) is 0 Å². The predicted molar refractivity (Wildman–Crippen MR) is 63.6 cm³/mol. The summed E-state index contributed by atoms with van der Waals surface area (Å²) in [5, 5.41) is 0. The number of allylic oxidation sites excluding steroid dienone is 4. The Kier molecular flexibility index (Phi) is 7.69. The Labute approximate surface area is 93.0 Å². The molecule has 0 heterocycles. The van der Waals surface area contributed by atoms with Crippen LogP contribution in [0, 0.1) is 5.92 Å². The number of hydrogen-bond acceptors (Lipinski definition) is 2.